The Bertz CT molecular complexity index is 1510. The summed E-state index contributed by atoms with van der Waals surface area (Å²) < 4.78 is 11.8. The Kier molecular flexibility index (Phi) is 4.88. The van der Waals surface area contributed by atoms with Crippen LogP contribution in [0, 0.1) is 6.92 Å². The molecule has 1 aliphatic heterocycles. The summed E-state index contributed by atoms with van der Waals surface area (Å²) in [4.78, 5) is 9.19. The molecule has 6 rings (SSSR count). The Labute approximate surface area is 198 Å². The fraction of sp³-hybridized carbons (Fsp3) is 0.103. The number of benzene rings is 4. The van der Waals surface area contributed by atoms with E-state index in [1.54, 1.807) is 13.4 Å². The van der Waals surface area contributed by atoms with Crippen molar-refractivity contribution in [1.29, 1.82) is 0 Å². The van der Waals surface area contributed by atoms with Crippen molar-refractivity contribution in [3.63, 3.8) is 0 Å². The van der Waals surface area contributed by atoms with Gasteiger partial charge in [0.25, 0.3) is 0 Å². The molecule has 5 heteroatoms. The third kappa shape index (κ3) is 3.42. The summed E-state index contributed by atoms with van der Waals surface area (Å²) >= 11 is 0. The smallest absolute Gasteiger partial charge is 0.228 e. The molecule has 1 aromatic heterocycles. The van der Waals surface area contributed by atoms with Crippen molar-refractivity contribution >= 4 is 22.3 Å². The van der Waals surface area contributed by atoms with E-state index in [9.17, 15) is 0 Å². The number of aromatic nitrogens is 2. The molecular formula is C29H23N3O2. The largest absolute Gasteiger partial charge is 0.497 e. The third-order valence-electron chi connectivity index (χ3n) is 6.28. The second-order valence-electron chi connectivity index (χ2n) is 8.45. The van der Waals surface area contributed by atoms with E-state index in [1.165, 1.54) is 11.1 Å². The lowest BCUT2D eigenvalue weighted by molar-refractivity contribution is 0.415. The van der Waals surface area contributed by atoms with Crippen molar-refractivity contribution in [3.05, 3.63) is 114 Å². The summed E-state index contributed by atoms with van der Waals surface area (Å²) in [5.74, 6) is 2.87. The molecule has 1 N–H and O–H groups in total. The zero-order chi connectivity index (χ0) is 23.1. The van der Waals surface area contributed by atoms with Crippen molar-refractivity contribution in [2.75, 3.05) is 12.4 Å². The first-order chi connectivity index (χ1) is 16.7. The summed E-state index contributed by atoms with van der Waals surface area (Å²) in [7, 11) is 1.66. The van der Waals surface area contributed by atoms with Crippen molar-refractivity contribution < 1.29 is 9.47 Å². The second-order valence-corrected chi connectivity index (χ2v) is 8.45. The van der Waals surface area contributed by atoms with Crippen LogP contribution < -0.4 is 14.8 Å². The Morgan fingerprint density at radius 1 is 0.882 bits per heavy atom. The highest BCUT2D eigenvalue weighted by molar-refractivity contribution is 5.91. The molecule has 2 heterocycles. The van der Waals surface area contributed by atoms with Crippen LogP contribution in [0.2, 0.25) is 0 Å². The maximum atomic E-state index is 6.48. The Balaban J connectivity index is 1.55. The van der Waals surface area contributed by atoms with Crippen molar-refractivity contribution in [2.24, 2.45) is 0 Å². The number of fused-ring (bicyclic) bond motifs is 4. The van der Waals surface area contributed by atoms with E-state index in [0.29, 0.717) is 5.88 Å². The summed E-state index contributed by atoms with van der Waals surface area (Å²) in [5, 5.41) is 5.69. The minimum atomic E-state index is -0.0785. The van der Waals surface area contributed by atoms with Gasteiger partial charge in [-0.3, -0.25) is 0 Å². The Morgan fingerprint density at radius 3 is 2.56 bits per heavy atom. The fourth-order valence-electron chi connectivity index (χ4n) is 4.68. The van der Waals surface area contributed by atoms with Crippen molar-refractivity contribution in [3.8, 4) is 17.4 Å². The summed E-state index contributed by atoms with van der Waals surface area (Å²) in [6.07, 6.45) is 1.55. The SMILES string of the molecule is COc1ccc(Nc2ncnc3c2C(c2cccc(C)c2)c2ccc4ccccc4c2O3)cc1. The molecule has 1 atom stereocenters. The van der Waals surface area contributed by atoms with E-state index in [-0.39, 0.29) is 5.92 Å². The molecule has 1 unspecified atom stereocenters. The number of ether oxygens (including phenoxy) is 2. The highest BCUT2D eigenvalue weighted by Gasteiger charge is 2.34. The topological polar surface area (TPSA) is 56.3 Å². The lowest BCUT2D eigenvalue weighted by Gasteiger charge is -2.30. The van der Waals surface area contributed by atoms with E-state index in [2.05, 4.69) is 70.7 Å². The number of hydrogen-bond donors (Lipinski definition) is 1. The van der Waals surface area contributed by atoms with Gasteiger partial charge < -0.3 is 14.8 Å². The van der Waals surface area contributed by atoms with Crippen LogP contribution in [0.15, 0.2) is 91.3 Å². The first kappa shape index (κ1) is 20.2. The molecule has 0 aliphatic carbocycles. The van der Waals surface area contributed by atoms with Gasteiger partial charge in [0.05, 0.1) is 12.7 Å². The van der Waals surface area contributed by atoms with Gasteiger partial charge in [0.1, 0.15) is 23.6 Å². The molecule has 5 nitrogen and oxygen atoms in total. The van der Waals surface area contributed by atoms with Gasteiger partial charge in [0.2, 0.25) is 5.88 Å². The molecule has 0 bridgehead atoms. The van der Waals surface area contributed by atoms with E-state index in [4.69, 9.17) is 9.47 Å². The van der Waals surface area contributed by atoms with Crippen LogP contribution in [0.25, 0.3) is 10.8 Å². The summed E-state index contributed by atoms with van der Waals surface area (Å²) in [6, 6.07) is 29.0. The quantitative estimate of drug-likeness (QED) is 0.317. The molecule has 5 aromatic rings. The van der Waals surface area contributed by atoms with E-state index in [1.807, 2.05) is 36.4 Å². The van der Waals surface area contributed by atoms with Crippen LogP contribution in [0.4, 0.5) is 11.5 Å². The van der Waals surface area contributed by atoms with Crippen molar-refractivity contribution in [2.45, 2.75) is 12.8 Å². The average molecular weight is 446 g/mol. The number of aryl methyl sites for hydroxylation is 1. The number of nitrogens with one attached hydrogen (secondary N) is 1. The number of methoxy groups -OCH3 is 1. The molecule has 1 aliphatic rings. The van der Waals surface area contributed by atoms with Crippen LogP contribution in [0.1, 0.15) is 28.2 Å². The number of rotatable bonds is 4. The first-order valence-corrected chi connectivity index (χ1v) is 11.2. The maximum Gasteiger partial charge on any atom is 0.228 e. The van der Waals surface area contributed by atoms with Gasteiger partial charge >= 0.3 is 0 Å². The van der Waals surface area contributed by atoms with Gasteiger partial charge in [0, 0.05) is 22.6 Å². The fourth-order valence-corrected chi connectivity index (χ4v) is 4.68. The normalized spacial score (nSPS) is 14.1. The van der Waals surface area contributed by atoms with Crippen LogP contribution in [-0.2, 0) is 0 Å². The molecule has 0 spiro atoms. The average Bonchev–Trinajstić information content (AvgIpc) is 2.88. The third-order valence-corrected chi connectivity index (χ3v) is 6.28. The maximum absolute atomic E-state index is 6.48. The summed E-state index contributed by atoms with van der Waals surface area (Å²) in [5.41, 5.74) is 5.31. The minimum absolute atomic E-state index is 0.0785. The van der Waals surface area contributed by atoms with Crippen LogP contribution >= 0.6 is 0 Å². The van der Waals surface area contributed by atoms with Crippen molar-refractivity contribution in [1.82, 2.24) is 9.97 Å². The molecule has 0 radical (unpaired) electrons. The van der Waals surface area contributed by atoms with Gasteiger partial charge in [0.15, 0.2) is 0 Å². The predicted octanol–water partition coefficient (Wildman–Crippen LogP) is 6.98. The highest BCUT2D eigenvalue weighted by Crippen LogP contribution is 2.51. The lowest BCUT2D eigenvalue weighted by atomic mass is 9.82. The van der Waals surface area contributed by atoms with Gasteiger partial charge in [-0.05, 0) is 42.1 Å². The van der Waals surface area contributed by atoms with E-state index in [0.717, 1.165) is 44.9 Å². The second kappa shape index (κ2) is 8.19. The molecule has 166 valence electrons. The first-order valence-electron chi connectivity index (χ1n) is 11.2. The van der Waals surface area contributed by atoms with Gasteiger partial charge in [-0.2, -0.15) is 0 Å². The van der Waals surface area contributed by atoms with E-state index >= 15 is 0 Å². The standard InChI is InChI=1S/C29H23N3O2/c1-18-6-5-8-20(16-18)25-24-15-10-19-7-3-4-9-23(19)27(24)34-29-26(25)28(30-17-31-29)32-21-11-13-22(33-2)14-12-21/h3-17,25H,1-2H3,(H,30,31,32). The van der Waals surface area contributed by atoms with E-state index < -0.39 is 0 Å². The predicted molar refractivity (Wildman–Crippen MR) is 134 cm³/mol. The highest BCUT2D eigenvalue weighted by atomic mass is 16.5. The zero-order valence-corrected chi connectivity index (χ0v) is 18.9. The lowest BCUT2D eigenvalue weighted by Crippen LogP contribution is -2.16. The zero-order valence-electron chi connectivity index (χ0n) is 18.9. The number of hydrogen-bond acceptors (Lipinski definition) is 5. The van der Waals surface area contributed by atoms with Gasteiger partial charge in [-0.15, -0.1) is 0 Å². The Morgan fingerprint density at radius 2 is 1.74 bits per heavy atom. The molecule has 0 saturated carbocycles. The van der Waals surface area contributed by atoms with Crippen LogP contribution in [0.3, 0.4) is 0 Å². The molecule has 0 saturated heterocycles. The molecule has 0 fully saturated rings. The number of nitrogens with zero attached hydrogens (tertiary/aromatic N) is 2. The van der Waals surface area contributed by atoms with Crippen LogP contribution in [0.5, 0.6) is 17.4 Å². The molecule has 0 amide bonds. The minimum Gasteiger partial charge on any atom is -0.497 e. The van der Waals surface area contributed by atoms with Gasteiger partial charge in [-0.25, -0.2) is 9.97 Å². The number of anilines is 2. The van der Waals surface area contributed by atoms with Crippen LogP contribution in [-0.4, -0.2) is 17.1 Å². The molecular weight excluding hydrogens is 422 g/mol. The molecule has 4 aromatic carbocycles. The summed E-state index contributed by atoms with van der Waals surface area (Å²) in [6.45, 7) is 2.11. The van der Waals surface area contributed by atoms with Gasteiger partial charge in [-0.1, -0.05) is 66.2 Å². The molecule has 34 heavy (non-hydrogen) atoms. The monoisotopic (exact) mass is 445 g/mol. The Hall–Kier alpha value is -4.38.